The van der Waals surface area contributed by atoms with E-state index in [2.05, 4.69) is 23.9 Å². The van der Waals surface area contributed by atoms with E-state index in [1.165, 1.54) is 12.8 Å². The molecule has 1 fully saturated rings. The molecule has 6 heteroatoms. The van der Waals surface area contributed by atoms with Crippen LogP contribution in [-0.2, 0) is 0 Å². The molecular weight excluding hydrogens is 242 g/mol. The van der Waals surface area contributed by atoms with Gasteiger partial charge in [-0.25, -0.2) is 4.79 Å². The summed E-state index contributed by atoms with van der Waals surface area (Å²) in [7, 11) is 0. The van der Waals surface area contributed by atoms with Crippen LogP contribution in [0.2, 0.25) is 0 Å². The Balaban J connectivity index is 1.86. The molecule has 1 atom stereocenters. The molecule has 102 valence electrons. The summed E-state index contributed by atoms with van der Waals surface area (Å²) in [6.07, 6.45) is 6.13. The van der Waals surface area contributed by atoms with E-state index in [0.29, 0.717) is 17.8 Å². The number of urea groups is 1. The zero-order valence-electron chi connectivity index (χ0n) is 11.3. The second-order valence-electron chi connectivity index (χ2n) is 5.66. The summed E-state index contributed by atoms with van der Waals surface area (Å²) < 4.78 is 1.88. The zero-order valence-corrected chi connectivity index (χ0v) is 11.3. The predicted molar refractivity (Wildman–Crippen MR) is 71.8 cm³/mol. The van der Waals surface area contributed by atoms with Crippen molar-refractivity contribution >= 4 is 11.9 Å². The van der Waals surface area contributed by atoms with E-state index in [4.69, 9.17) is 5.73 Å². The lowest BCUT2D eigenvalue weighted by Gasteiger charge is -2.23. The molecule has 1 aliphatic carbocycles. The van der Waals surface area contributed by atoms with Crippen molar-refractivity contribution in [3.63, 3.8) is 0 Å². The lowest BCUT2D eigenvalue weighted by Crippen LogP contribution is -2.34. The van der Waals surface area contributed by atoms with E-state index in [0.717, 1.165) is 12.1 Å². The predicted octanol–water partition coefficient (Wildman–Crippen LogP) is 1.71. The Morgan fingerprint density at radius 2 is 2.21 bits per heavy atom. The highest BCUT2D eigenvalue weighted by atomic mass is 16.2. The summed E-state index contributed by atoms with van der Waals surface area (Å²) in [5.74, 6) is 1.00. The molecule has 1 aromatic heterocycles. The second-order valence-corrected chi connectivity index (χ2v) is 5.66. The van der Waals surface area contributed by atoms with Gasteiger partial charge in [-0.05, 0) is 32.6 Å². The third-order valence-corrected chi connectivity index (χ3v) is 3.68. The second kappa shape index (κ2) is 4.36. The Morgan fingerprint density at radius 3 is 2.79 bits per heavy atom. The number of nitrogens with zero attached hydrogens (tertiary/aromatic N) is 4. The van der Waals surface area contributed by atoms with Crippen LogP contribution < -0.4 is 5.73 Å². The number of nitrogens with two attached hydrogens (primary N) is 1. The van der Waals surface area contributed by atoms with Gasteiger partial charge in [-0.1, -0.05) is 0 Å². The monoisotopic (exact) mass is 261 g/mol. The van der Waals surface area contributed by atoms with Crippen LogP contribution in [-0.4, -0.2) is 33.1 Å². The molecule has 19 heavy (non-hydrogen) atoms. The summed E-state index contributed by atoms with van der Waals surface area (Å²) >= 11 is 0. The van der Waals surface area contributed by atoms with Crippen molar-refractivity contribution in [3.8, 4) is 0 Å². The number of carbonyl (C=O) groups excluding carboxylic acids is 1. The van der Waals surface area contributed by atoms with Crippen molar-refractivity contribution in [1.82, 2.24) is 14.7 Å². The Bertz CT molecular complexity index is 529. The number of hydrogen-bond acceptors (Lipinski definition) is 3. The fraction of sp³-hybridized carbons (Fsp3) is 0.615. The van der Waals surface area contributed by atoms with Gasteiger partial charge in [0.1, 0.15) is 11.9 Å². The first-order valence-corrected chi connectivity index (χ1v) is 6.75. The van der Waals surface area contributed by atoms with Crippen molar-refractivity contribution in [2.75, 3.05) is 6.54 Å². The van der Waals surface area contributed by atoms with Gasteiger partial charge in [0.2, 0.25) is 0 Å². The first-order valence-electron chi connectivity index (χ1n) is 6.75. The number of rotatable bonds is 4. The summed E-state index contributed by atoms with van der Waals surface area (Å²) in [6, 6.07) is -0.159. The normalized spacial score (nSPS) is 23.3. The smallest absolute Gasteiger partial charge is 0.346 e. The van der Waals surface area contributed by atoms with Crippen LogP contribution in [0.1, 0.15) is 44.3 Å². The number of hydrogen-bond donors (Lipinski definition) is 1. The maximum Gasteiger partial charge on any atom is 0.346 e. The number of amides is 2. The van der Waals surface area contributed by atoms with Gasteiger partial charge < -0.3 is 10.6 Å². The maximum absolute atomic E-state index is 11.9. The van der Waals surface area contributed by atoms with E-state index in [1.54, 1.807) is 11.1 Å². The molecule has 2 N–H and O–H groups in total. The lowest BCUT2D eigenvalue weighted by molar-refractivity contribution is 0.204. The summed E-state index contributed by atoms with van der Waals surface area (Å²) in [6.45, 7) is 4.88. The SMILES string of the molecule is CC(C)n1cc(C2C(N)=NC(=O)N2CC2CC2)cn1. The lowest BCUT2D eigenvalue weighted by atomic mass is 10.1. The molecule has 2 aliphatic rings. The molecule has 0 bridgehead atoms. The van der Waals surface area contributed by atoms with Gasteiger partial charge in [-0.3, -0.25) is 4.68 Å². The molecule has 2 amide bonds. The molecule has 1 aromatic rings. The standard InChI is InChI=1S/C13H19N5O/c1-8(2)18-7-10(5-15-18)11-12(14)16-13(19)17(11)6-9-3-4-9/h5,7-9,11H,3-4,6H2,1-2H3,(H2,14,16,19). The number of amidine groups is 1. The Kier molecular flexibility index (Phi) is 2.80. The fourth-order valence-electron chi connectivity index (χ4n) is 2.40. The van der Waals surface area contributed by atoms with Gasteiger partial charge in [0.25, 0.3) is 0 Å². The molecule has 0 aromatic carbocycles. The van der Waals surface area contributed by atoms with Gasteiger partial charge in [-0.2, -0.15) is 10.1 Å². The molecule has 0 saturated heterocycles. The minimum absolute atomic E-state index is 0.216. The van der Waals surface area contributed by atoms with Crippen molar-refractivity contribution in [3.05, 3.63) is 18.0 Å². The zero-order chi connectivity index (χ0) is 13.6. The van der Waals surface area contributed by atoms with Crippen LogP contribution in [0, 0.1) is 5.92 Å². The van der Waals surface area contributed by atoms with Gasteiger partial charge >= 0.3 is 6.03 Å². The molecule has 0 radical (unpaired) electrons. The third kappa shape index (κ3) is 2.22. The van der Waals surface area contributed by atoms with Crippen LogP contribution in [0.25, 0.3) is 0 Å². The third-order valence-electron chi connectivity index (χ3n) is 3.68. The average molecular weight is 261 g/mol. The maximum atomic E-state index is 11.9. The Hall–Kier alpha value is -1.85. The Labute approximate surface area is 112 Å². The van der Waals surface area contributed by atoms with Crippen molar-refractivity contribution in [2.24, 2.45) is 16.6 Å². The molecule has 1 aliphatic heterocycles. The molecule has 1 saturated carbocycles. The van der Waals surface area contributed by atoms with E-state index >= 15 is 0 Å². The minimum Gasteiger partial charge on any atom is -0.385 e. The molecule has 0 spiro atoms. The van der Waals surface area contributed by atoms with Gasteiger partial charge in [0.05, 0.1) is 6.20 Å². The first kappa shape index (κ1) is 12.2. The highest BCUT2D eigenvalue weighted by Crippen LogP contribution is 2.35. The molecule has 2 heterocycles. The van der Waals surface area contributed by atoms with Crippen molar-refractivity contribution in [1.29, 1.82) is 0 Å². The van der Waals surface area contributed by atoms with Crippen LogP contribution in [0.5, 0.6) is 0 Å². The average Bonchev–Trinajstić information content (AvgIpc) is 2.94. The minimum atomic E-state index is -0.236. The summed E-state index contributed by atoms with van der Waals surface area (Å²) in [5.41, 5.74) is 6.87. The van der Waals surface area contributed by atoms with Gasteiger partial charge in [-0.15, -0.1) is 0 Å². The van der Waals surface area contributed by atoms with Gasteiger partial charge in [0, 0.05) is 24.3 Å². The van der Waals surface area contributed by atoms with Crippen LogP contribution >= 0.6 is 0 Å². The highest BCUT2D eigenvalue weighted by Gasteiger charge is 2.38. The summed E-state index contributed by atoms with van der Waals surface area (Å²) in [5, 5.41) is 4.32. The largest absolute Gasteiger partial charge is 0.385 e. The van der Waals surface area contributed by atoms with Crippen LogP contribution in [0.15, 0.2) is 17.4 Å². The van der Waals surface area contributed by atoms with Gasteiger partial charge in [0.15, 0.2) is 0 Å². The fourth-order valence-corrected chi connectivity index (χ4v) is 2.40. The van der Waals surface area contributed by atoms with E-state index in [-0.39, 0.29) is 12.1 Å². The number of aliphatic imine (C=N–C) groups is 1. The number of carbonyl (C=O) groups is 1. The number of aromatic nitrogens is 2. The molecule has 6 nitrogen and oxygen atoms in total. The van der Waals surface area contributed by atoms with Crippen molar-refractivity contribution < 1.29 is 4.79 Å². The topological polar surface area (TPSA) is 76.5 Å². The molecule has 1 unspecified atom stereocenters. The van der Waals surface area contributed by atoms with E-state index in [9.17, 15) is 4.79 Å². The summed E-state index contributed by atoms with van der Waals surface area (Å²) in [4.78, 5) is 17.6. The highest BCUT2D eigenvalue weighted by molar-refractivity contribution is 6.03. The van der Waals surface area contributed by atoms with E-state index < -0.39 is 0 Å². The molecule has 3 rings (SSSR count). The Morgan fingerprint density at radius 1 is 1.47 bits per heavy atom. The van der Waals surface area contributed by atoms with Crippen LogP contribution in [0.3, 0.4) is 0 Å². The van der Waals surface area contributed by atoms with E-state index in [1.807, 2.05) is 10.9 Å². The van der Waals surface area contributed by atoms with Crippen LogP contribution in [0.4, 0.5) is 4.79 Å². The quantitative estimate of drug-likeness (QED) is 0.896. The van der Waals surface area contributed by atoms with Crippen molar-refractivity contribution in [2.45, 2.75) is 38.8 Å². The molecular formula is C13H19N5O. The first-order chi connectivity index (χ1) is 9.06.